The molecule has 0 aliphatic carbocycles. The third kappa shape index (κ3) is 7.39. The predicted molar refractivity (Wildman–Crippen MR) is 184 cm³/mol. The van der Waals surface area contributed by atoms with Crippen molar-refractivity contribution in [3.05, 3.63) is 93.0 Å². The maximum atomic E-state index is 13.4. The Morgan fingerprint density at radius 2 is 1.23 bits per heavy atom. The number of rotatable bonds is 11. The van der Waals surface area contributed by atoms with Crippen LogP contribution in [0.4, 0.5) is 0 Å². The number of esters is 1. The van der Waals surface area contributed by atoms with Gasteiger partial charge in [0.1, 0.15) is 34.2 Å². The Labute approximate surface area is 288 Å². The smallest absolute Gasteiger partial charge is 0.356 e. The number of carbonyl (C=O) groups excluding carboxylic acids is 3. The minimum atomic E-state index is -1.09. The molecule has 4 aliphatic heterocycles. The summed E-state index contributed by atoms with van der Waals surface area (Å²) in [7, 11) is 3.13. The molecule has 2 saturated heterocycles. The number of thioether (sulfide) groups is 4. The Morgan fingerprint density at radius 1 is 0.809 bits per heavy atom. The number of hydrogen-bond donors (Lipinski definition) is 3. The number of carboxylic acid groups (broad SMARTS) is 1. The summed E-state index contributed by atoms with van der Waals surface area (Å²) in [5, 5.41) is 8.71. The van der Waals surface area contributed by atoms with Crippen LogP contribution in [0.2, 0.25) is 0 Å². The van der Waals surface area contributed by atoms with E-state index in [-0.39, 0.29) is 34.0 Å². The molecule has 4 aliphatic rings. The van der Waals surface area contributed by atoms with Gasteiger partial charge in [-0.05, 0) is 11.1 Å². The fourth-order valence-electron chi connectivity index (χ4n) is 5.19. The number of ether oxygens (including phenoxy) is 3. The number of carbonyl (C=O) groups is 4. The standard InChI is InChI=1S/C22H22N2O4S2.C9H12N2O4S2/c1-27-13-30-16-12-29-21-17(23)20(25)24(21)18(16)22(26)28-19(14-8-4-2-5-9-14)15-10-6-3-7-11-15;1-15-3-17-4-2-16-8-5(10)7(12)11(8)6(4)9(13)14/h2-11,17,19,21H,12-13,23H2,1H3;5,8H,2-3,10H2,1H3,(H,13,14)/t17-,21-;5-,8-/m11/s1. The largest absolute Gasteiger partial charge is 0.477 e. The molecule has 5 N–H and O–H groups in total. The molecule has 2 amide bonds. The summed E-state index contributed by atoms with van der Waals surface area (Å²) in [5.41, 5.74) is 13.6. The third-order valence-corrected chi connectivity index (χ3v) is 12.5. The van der Waals surface area contributed by atoms with Gasteiger partial charge in [0, 0.05) is 35.5 Å². The Hall–Kier alpha value is -2.96. The van der Waals surface area contributed by atoms with Crippen molar-refractivity contribution in [2.75, 3.05) is 37.6 Å². The lowest BCUT2D eigenvalue weighted by molar-refractivity contribution is -0.152. The van der Waals surface area contributed by atoms with Crippen molar-refractivity contribution in [1.29, 1.82) is 0 Å². The molecule has 0 bridgehead atoms. The Morgan fingerprint density at radius 3 is 1.66 bits per heavy atom. The molecule has 12 nitrogen and oxygen atoms in total. The number of β-lactam (4-membered cyclic amide) rings is 2. The Balaban J connectivity index is 0.000000216. The summed E-state index contributed by atoms with van der Waals surface area (Å²) in [4.78, 5) is 52.8. The zero-order valence-electron chi connectivity index (χ0n) is 25.5. The lowest BCUT2D eigenvalue weighted by Gasteiger charge is -2.48. The molecule has 0 aromatic heterocycles. The zero-order valence-corrected chi connectivity index (χ0v) is 28.7. The fraction of sp³-hybridized carbons (Fsp3) is 0.355. The molecule has 2 aromatic carbocycles. The van der Waals surface area contributed by atoms with Crippen molar-refractivity contribution < 1.29 is 38.5 Å². The first-order valence-corrected chi connectivity index (χ1v) is 18.4. The van der Waals surface area contributed by atoms with Crippen LogP contribution in [-0.2, 0) is 33.4 Å². The number of nitrogens with two attached hydrogens (primary N) is 2. The second kappa shape index (κ2) is 16.0. The van der Waals surface area contributed by atoms with Crippen LogP contribution in [0.25, 0.3) is 0 Å². The first-order chi connectivity index (χ1) is 22.7. The normalized spacial score (nSPS) is 23.3. The maximum Gasteiger partial charge on any atom is 0.356 e. The SMILES string of the molecule is COCSC1=C(C(=O)O)N2C(=O)[C@@H](N)[C@H]2SC1.COCSC1=C(C(=O)OC(c2ccccc2)c2ccccc2)N2C(=O)[C@@H](N)[C@H]2SC1. The van der Waals surface area contributed by atoms with Gasteiger partial charge in [0.25, 0.3) is 0 Å². The maximum absolute atomic E-state index is 13.4. The van der Waals surface area contributed by atoms with E-state index in [0.29, 0.717) is 28.3 Å². The van der Waals surface area contributed by atoms with E-state index in [0.717, 1.165) is 16.0 Å². The fourth-order valence-corrected chi connectivity index (χ4v) is 9.71. The van der Waals surface area contributed by atoms with Crippen LogP contribution < -0.4 is 11.5 Å². The number of hydrogen-bond acceptors (Lipinski definition) is 13. The molecule has 0 saturated carbocycles. The summed E-state index contributed by atoms with van der Waals surface area (Å²) < 4.78 is 16.1. The highest BCUT2D eigenvalue weighted by molar-refractivity contribution is 8.06. The van der Waals surface area contributed by atoms with Crippen molar-refractivity contribution in [3.8, 4) is 0 Å². The molecule has 4 heterocycles. The van der Waals surface area contributed by atoms with Crippen molar-refractivity contribution in [3.63, 3.8) is 0 Å². The first-order valence-electron chi connectivity index (χ1n) is 14.3. The van der Waals surface area contributed by atoms with E-state index in [9.17, 15) is 24.3 Å². The van der Waals surface area contributed by atoms with Crippen molar-refractivity contribution >= 4 is 70.8 Å². The topological polar surface area (TPSA) is 175 Å². The van der Waals surface area contributed by atoms with Crippen LogP contribution in [0.3, 0.4) is 0 Å². The molecule has 0 spiro atoms. The average Bonchev–Trinajstić information content (AvgIpc) is 3.11. The predicted octanol–water partition coefficient (Wildman–Crippen LogP) is 2.97. The first kappa shape index (κ1) is 35.3. The van der Waals surface area contributed by atoms with E-state index in [1.807, 2.05) is 60.7 Å². The highest BCUT2D eigenvalue weighted by atomic mass is 32.2. The zero-order chi connectivity index (χ0) is 33.7. The highest BCUT2D eigenvalue weighted by Crippen LogP contribution is 2.44. The number of amides is 2. The number of fused-ring (bicyclic) bond motifs is 2. The van der Waals surface area contributed by atoms with Gasteiger partial charge in [0.15, 0.2) is 6.10 Å². The number of carboxylic acids is 1. The van der Waals surface area contributed by atoms with Gasteiger partial charge in [-0.25, -0.2) is 9.59 Å². The van der Waals surface area contributed by atoms with Crippen LogP contribution in [0.5, 0.6) is 0 Å². The molecular formula is C31H34N4O8S4. The van der Waals surface area contributed by atoms with Gasteiger partial charge in [-0.15, -0.1) is 23.5 Å². The minimum Gasteiger partial charge on any atom is -0.477 e. The van der Waals surface area contributed by atoms with Gasteiger partial charge >= 0.3 is 11.9 Å². The summed E-state index contributed by atoms with van der Waals surface area (Å²) >= 11 is 5.74. The lowest BCUT2D eigenvalue weighted by Crippen LogP contribution is -2.68. The number of aliphatic carboxylic acids is 1. The molecule has 0 unspecified atom stereocenters. The second-order valence-electron chi connectivity index (χ2n) is 10.4. The molecule has 2 fully saturated rings. The van der Waals surface area contributed by atoms with Gasteiger partial charge in [0.2, 0.25) is 11.8 Å². The second-order valence-corrected chi connectivity index (χ2v) is 14.7. The van der Waals surface area contributed by atoms with E-state index in [1.54, 1.807) is 18.9 Å². The Bertz CT molecular complexity index is 1520. The van der Waals surface area contributed by atoms with E-state index >= 15 is 0 Å². The van der Waals surface area contributed by atoms with Crippen molar-refractivity contribution in [2.24, 2.45) is 11.5 Å². The summed E-state index contributed by atoms with van der Waals surface area (Å²) in [6.07, 6.45) is -0.584. The van der Waals surface area contributed by atoms with Gasteiger partial charge in [-0.2, -0.15) is 0 Å². The van der Waals surface area contributed by atoms with Crippen LogP contribution in [-0.4, -0.2) is 99.1 Å². The lowest BCUT2D eigenvalue weighted by atomic mass is 10.0. The van der Waals surface area contributed by atoms with E-state index in [1.165, 1.54) is 52.2 Å². The Kier molecular flexibility index (Phi) is 12.0. The summed E-state index contributed by atoms with van der Waals surface area (Å²) in [5.74, 6) is -0.316. The molecule has 47 heavy (non-hydrogen) atoms. The summed E-state index contributed by atoms with van der Waals surface area (Å²) in [6, 6.07) is 18.0. The van der Waals surface area contributed by atoms with E-state index in [4.69, 9.17) is 25.7 Å². The quantitative estimate of drug-likeness (QED) is 0.176. The number of methoxy groups -OCH3 is 2. The number of benzene rings is 2. The summed E-state index contributed by atoms with van der Waals surface area (Å²) in [6.45, 7) is 0. The van der Waals surface area contributed by atoms with Crippen LogP contribution in [0.15, 0.2) is 81.9 Å². The van der Waals surface area contributed by atoms with E-state index < -0.39 is 30.1 Å². The average molecular weight is 719 g/mol. The molecule has 4 atom stereocenters. The van der Waals surface area contributed by atoms with Crippen LogP contribution in [0.1, 0.15) is 17.2 Å². The monoisotopic (exact) mass is 718 g/mol. The number of nitrogens with zero attached hydrogens (tertiary/aromatic N) is 2. The van der Waals surface area contributed by atoms with Gasteiger partial charge in [-0.1, -0.05) is 84.2 Å². The molecule has 6 rings (SSSR count). The van der Waals surface area contributed by atoms with Crippen molar-refractivity contribution in [1.82, 2.24) is 9.80 Å². The van der Waals surface area contributed by atoms with Gasteiger partial charge < -0.3 is 30.8 Å². The minimum absolute atomic E-state index is 0.0579. The van der Waals surface area contributed by atoms with Gasteiger partial charge in [0.05, 0.1) is 11.9 Å². The molecule has 16 heteroatoms. The molecule has 2 aromatic rings. The van der Waals surface area contributed by atoms with Crippen molar-refractivity contribution in [2.45, 2.75) is 28.9 Å². The molecular weight excluding hydrogens is 685 g/mol. The third-order valence-electron chi connectivity index (χ3n) is 7.48. The van der Waals surface area contributed by atoms with Crippen LogP contribution in [0, 0.1) is 0 Å². The van der Waals surface area contributed by atoms with Gasteiger partial charge in [-0.3, -0.25) is 19.4 Å². The highest BCUT2D eigenvalue weighted by Gasteiger charge is 2.53. The molecule has 0 radical (unpaired) electrons. The van der Waals surface area contributed by atoms with E-state index in [2.05, 4.69) is 0 Å². The molecule has 250 valence electrons. The van der Waals surface area contributed by atoms with Crippen LogP contribution >= 0.6 is 47.0 Å².